The predicted octanol–water partition coefficient (Wildman–Crippen LogP) is 2.40. The van der Waals surface area contributed by atoms with Gasteiger partial charge in [-0.05, 0) is 31.9 Å². The first-order valence-corrected chi connectivity index (χ1v) is 6.90. The van der Waals surface area contributed by atoms with Gasteiger partial charge >= 0.3 is 5.97 Å². The Morgan fingerprint density at radius 1 is 1.40 bits per heavy atom. The Morgan fingerprint density at radius 3 is 2.65 bits per heavy atom. The minimum atomic E-state index is -0.903. The summed E-state index contributed by atoms with van der Waals surface area (Å²) in [5.74, 6) is -1.06. The van der Waals surface area contributed by atoms with Crippen molar-refractivity contribution in [2.45, 2.75) is 31.9 Å². The van der Waals surface area contributed by atoms with E-state index in [2.05, 4.69) is 5.32 Å². The predicted molar refractivity (Wildman–Crippen MR) is 76.9 cm³/mol. The molecule has 0 spiro atoms. The molecule has 0 heterocycles. The summed E-state index contributed by atoms with van der Waals surface area (Å²) in [6.45, 7) is 1.50. The first-order valence-electron chi connectivity index (χ1n) is 6.14. The first kappa shape index (κ1) is 14.9. The molecule has 0 bridgehead atoms. The zero-order valence-electron chi connectivity index (χ0n) is 10.8. The summed E-state index contributed by atoms with van der Waals surface area (Å²) in [7, 11) is 0. The van der Waals surface area contributed by atoms with E-state index in [9.17, 15) is 9.59 Å². The van der Waals surface area contributed by atoms with E-state index in [0.717, 1.165) is 12.8 Å². The van der Waals surface area contributed by atoms with E-state index in [1.54, 1.807) is 0 Å². The Bertz CT molecular complexity index is 559. The van der Waals surface area contributed by atoms with Crippen LogP contribution in [0.5, 0.6) is 0 Å². The van der Waals surface area contributed by atoms with Crippen LogP contribution >= 0.6 is 23.2 Å². The molecular weight excluding hydrogens is 303 g/mol. The lowest BCUT2D eigenvalue weighted by Gasteiger charge is -2.14. The highest BCUT2D eigenvalue weighted by Gasteiger charge is 2.28. The van der Waals surface area contributed by atoms with Gasteiger partial charge in [0.25, 0.3) is 5.91 Å². The lowest BCUT2D eigenvalue weighted by molar-refractivity contribution is -0.129. The molecule has 5 nitrogen and oxygen atoms in total. The van der Waals surface area contributed by atoms with Crippen molar-refractivity contribution in [3.63, 3.8) is 0 Å². The van der Waals surface area contributed by atoms with Crippen LogP contribution in [-0.2, 0) is 9.53 Å². The molecule has 0 aliphatic heterocycles. The monoisotopic (exact) mass is 316 g/mol. The summed E-state index contributed by atoms with van der Waals surface area (Å²) >= 11 is 11.8. The van der Waals surface area contributed by atoms with Crippen molar-refractivity contribution in [2.24, 2.45) is 0 Å². The molecule has 1 aliphatic rings. The maximum absolute atomic E-state index is 12.0. The number of halogens is 2. The van der Waals surface area contributed by atoms with E-state index in [0.29, 0.717) is 5.69 Å². The highest BCUT2D eigenvalue weighted by atomic mass is 35.5. The molecule has 7 heteroatoms. The third kappa shape index (κ3) is 3.55. The highest BCUT2D eigenvalue weighted by Crippen LogP contribution is 2.29. The number of nitrogen functional groups attached to an aromatic ring is 1. The molecule has 1 aromatic rings. The van der Waals surface area contributed by atoms with Crippen LogP contribution in [0.25, 0.3) is 0 Å². The molecule has 1 unspecified atom stereocenters. The number of benzene rings is 1. The summed E-state index contributed by atoms with van der Waals surface area (Å²) in [4.78, 5) is 23.7. The maximum atomic E-state index is 12.0. The fraction of sp³-hybridized carbons (Fsp3) is 0.385. The van der Waals surface area contributed by atoms with E-state index >= 15 is 0 Å². The van der Waals surface area contributed by atoms with Gasteiger partial charge in [-0.3, -0.25) is 4.79 Å². The SMILES string of the molecule is CC(OC(=O)c1cc(N)cc(Cl)c1Cl)C(=O)NC1CC1. The number of hydrogen-bond acceptors (Lipinski definition) is 4. The van der Waals surface area contributed by atoms with Gasteiger partial charge < -0.3 is 15.8 Å². The summed E-state index contributed by atoms with van der Waals surface area (Å²) in [6.07, 6.45) is 1.02. The number of anilines is 1. The van der Waals surface area contributed by atoms with Crippen molar-refractivity contribution in [2.75, 3.05) is 5.73 Å². The van der Waals surface area contributed by atoms with Crippen LogP contribution < -0.4 is 11.1 Å². The van der Waals surface area contributed by atoms with Gasteiger partial charge in [0.1, 0.15) is 0 Å². The quantitative estimate of drug-likeness (QED) is 0.660. The van der Waals surface area contributed by atoms with Crippen LogP contribution in [0.2, 0.25) is 10.0 Å². The van der Waals surface area contributed by atoms with Gasteiger partial charge in [-0.1, -0.05) is 23.2 Å². The summed E-state index contributed by atoms with van der Waals surface area (Å²) in [6, 6.07) is 3.00. The molecule has 0 radical (unpaired) electrons. The molecule has 20 heavy (non-hydrogen) atoms. The number of carbonyl (C=O) groups is 2. The van der Waals surface area contributed by atoms with Gasteiger partial charge in [-0.25, -0.2) is 4.79 Å². The minimum absolute atomic E-state index is 0.0442. The van der Waals surface area contributed by atoms with Gasteiger partial charge in [-0.2, -0.15) is 0 Å². The Kier molecular flexibility index (Phi) is 4.40. The van der Waals surface area contributed by atoms with E-state index in [-0.39, 0.29) is 27.6 Å². The molecule has 1 amide bonds. The van der Waals surface area contributed by atoms with Crippen molar-refractivity contribution in [3.05, 3.63) is 27.7 Å². The van der Waals surface area contributed by atoms with Crippen LogP contribution in [-0.4, -0.2) is 24.0 Å². The van der Waals surface area contributed by atoms with E-state index in [1.807, 2.05) is 0 Å². The Balaban J connectivity index is 2.05. The summed E-state index contributed by atoms with van der Waals surface area (Å²) in [5.41, 5.74) is 5.94. The zero-order chi connectivity index (χ0) is 14.9. The molecule has 1 saturated carbocycles. The molecule has 108 valence electrons. The molecule has 1 aromatic carbocycles. The first-order chi connectivity index (χ1) is 9.38. The Hall–Kier alpha value is -1.46. The largest absolute Gasteiger partial charge is 0.449 e. The third-order valence-electron chi connectivity index (χ3n) is 2.85. The Morgan fingerprint density at radius 2 is 2.05 bits per heavy atom. The number of amides is 1. The maximum Gasteiger partial charge on any atom is 0.340 e. The number of nitrogens with one attached hydrogen (secondary N) is 1. The minimum Gasteiger partial charge on any atom is -0.449 e. The standard InChI is InChI=1S/C13H14Cl2N2O3/c1-6(12(18)17-8-2-3-8)20-13(19)9-4-7(16)5-10(14)11(9)15/h4-6,8H,2-3,16H2,1H3,(H,17,18). The smallest absolute Gasteiger partial charge is 0.340 e. The average Bonchev–Trinajstić information content (AvgIpc) is 3.17. The number of ether oxygens (including phenoxy) is 1. The highest BCUT2D eigenvalue weighted by molar-refractivity contribution is 6.44. The molecule has 3 N–H and O–H groups in total. The molecular formula is C13H14Cl2N2O3. The summed E-state index contributed by atoms with van der Waals surface area (Å²) < 4.78 is 5.07. The number of nitrogens with two attached hydrogens (primary N) is 1. The average molecular weight is 317 g/mol. The van der Waals surface area contributed by atoms with Crippen LogP contribution in [0.4, 0.5) is 5.69 Å². The van der Waals surface area contributed by atoms with Crippen LogP contribution in [0.3, 0.4) is 0 Å². The second kappa shape index (κ2) is 5.89. The Labute approximate surface area is 126 Å². The number of esters is 1. The number of rotatable bonds is 4. The van der Waals surface area contributed by atoms with Gasteiger partial charge in [-0.15, -0.1) is 0 Å². The van der Waals surface area contributed by atoms with E-state index in [4.69, 9.17) is 33.7 Å². The third-order valence-corrected chi connectivity index (χ3v) is 3.65. The number of carbonyl (C=O) groups excluding carboxylic acids is 2. The zero-order valence-corrected chi connectivity index (χ0v) is 12.3. The molecule has 2 rings (SSSR count). The molecule has 0 aromatic heterocycles. The molecule has 1 fully saturated rings. The topological polar surface area (TPSA) is 81.4 Å². The van der Waals surface area contributed by atoms with Crippen molar-refractivity contribution in [1.29, 1.82) is 0 Å². The van der Waals surface area contributed by atoms with Gasteiger partial charge in [0.15, 0.2) is 6.10 Å². The fourth-order valence-electron chi connectivity index (χ4n) is 1.58. The lowest BCUT2D eigenvalue weighted by atomic mass is 10.2. The van der Waals surface area contributed by atoms with Crippen molar-refractivity contribution in [3.8, 4) is 0 Å². The van der Waals surface area contributed by atoms with Crippen molar-refractivity contribution < 1.29 is 14.3 Å². The van der Waals surface area contributed by atoms with Crippen LogP contribution in [0, 0.1) is 0 Å². The van der Waals surface area contributed by atoms with Crippen LogP contribution in [0.1, 0.15) is 30.1 Å². The normalized spacial score (nSPS) is 15.6. The molecule has 0 saturated heterocycles. The molecule has 1 atom stereocenters. The van der Waals surface area contributed by atoms with Gasteiger partial charge in [0.05, 0.1) is 15.6 Å². The van der Waals surface area contributed by atoms with Gasteiger partial charge in [0, 0.05) is 11.7 Å². The fourth-order valence-corrected chi connectivity index (χ4v) is 2.00. The lowest BCUT2D eigenvalue weighted by Crippen LogP contribution is -2.37. The van der Waals surface area contributed by atoms with Crippen molar-refractivity contribution in [1.82, 2.24) is 5.32 Å². The second-order valence-electron chi connectivity index (χ2n) is 4.69. The summed E-state index contributed by atoms with van der Waals surface area (Å²) in [5, 5.41) is 2.96. The van der Waals surface area contributed by atoms with Crippen molar-refractivity contribution >= 4 is 40.8 Å². The molecule has 1 aliphatic carbocycles. The second-order valence-corrected chi connectivity index (χ2v) is 5.48. The van der Waals surface area contributed by atoms with E-state index in [1.165, 1.54) is 19.1 Å². The van der Waals surface area contributed by atoms with E-state index < -0.39 is 12.1 Å². The number of hydrogen-bond donors (Lipinski definition) is 2. The van der Waals surface area contributed by atoms with Crippen LogP contribution in [0.15, 0.2) is 12.1 Å². The van der Waals surface area contributed by atoms with Gasteiger partial charge in [0.2, 0.25) is 0 Å².